The first-order chi connectivity index (χ1) is 9.38. The minimum Gasteiger partial charge on any atom is -0.383 e. The lowest BCUT2D eigenvalue weighted by molar-refractivity contribution is -0.140. The SMILES string of the molecule is C=C(NCc1ccc(F)c(C(F)(F)F)c1)[C@@H]1CCCN1. The number of rotatable bonds is 4. The fourth-order valence-electron chi connectivity index (χ4n) is 2.22. The molecular weight excluding hydrogens is 272 g/mol. The normalized spacial score (nSPS) is 19.1. The molecule has 1 aromatic carbocycles. The molecule has 0 bridgehead atoms. The van der Waals surface area contributed by atoms with Gasteiger partial charge in [-0.05, 0) is 37.1 Å². The molecule has 1 aromatic rings. The van der Waals surface area contributed by atoms with E-state index in [1.807, 2.05) is 0 Å². The Morgan fingerprint density at radius 2 is 2.15 bits per heavy atom. The van der Waals surface area contributed by atoms with E-state index >= 15 is 0 Å². The first-order valence-corrected chi connectivity index (χ1v) is 6.39. The van der Waals surface area contributed by atoms with Crippen molar-refractivity contribution in [3.8, 4) is 0 Å². The van der Waals surface area contributed by atoms with Gasteiger partial charge in [0.2, 0.25) is 0 Å². The van der Waals surface area contributed by atoms with E-state index < -0.39 is 17.6 Å². The van der Waals surface area contributed by atoms with Crippen LogP contribution in [0.1, 0.15) is 24.0 Å². The second-order valence-electron chi connectivity index (χ2n) is 4.84. The molecule has 0 amide bonds. The highest BCUT2D eigenvalue weighted by Crippen LogP contribution is 2.31. The highest BCUT2D eigenvalue weighted by Gasteiger charge is 2.34. The van der Waals surface area contributed by atoms with Crippen LogP contribution < -0.4 is 10.6 Å². The van der Waals surface area contributed by atoms with Gasteiger partial charge in [0, 0.05) is 18.3 Å². The van der Waals surface area contributed by atoms with E-state index in [4.69, 9.17) is 0 Å². The van der Waals surface area contributed by atoms with Crippen LogP contribution in [0.3, 0.4) is 0 Å². The van der Waals surface area contributed by atoms with E-state index in [0.29, 0.717) is 5.56 Å². The predicted molar refractivity (Wildman–Crippen MR) is 68.4 cm³/mol. The summed E-state index contributed by atoms with van der Waals surface area (Å²) in [7, 11) is 0. The van der Waals surface area contributed by atoms with Crippen LogP contribution in [0.15, 0.2) is 30.5 Å². The molecule has 2 nitrogen and oxygen atoms in total. The van der Waals surface area contributed by atoms with Crippen molar-refractivity contribution < 1.29 is 17.6 Å². The van der Waals surface area contributed by atoms with Gasteiger partial charge < -0.3 is 10.6 Å². The van der Waals surface area contributed by atoms with E-state index in [-0.39, 0.29) is 12.6 Å². The zero-order valence-corrected chi connectivity index (χ0v) is 10.9. The molecule has 1 atom stereocenters. The Morgan fingerprint density at radius 1 is 1.40 bits per heavy atom. The third kappa shape index (κ3) is 3.50. The van der Waals surface area contributed by atoms with Crippen molar-refractivity contribution in [1.82, 2.24) is 10.6 Å². The topological polar surface area (TPSA) is 24.1 Å². The van der Waals surface area contributed by atoms with Crippen molar-refractivity contribution in [2.45, 2.75) is 31.6 Å². The van der Waals surface area contributed by atoms with Gasteiger partial charge in [0.15, 0.2) is 0 Å². The van der Waals surface area contributed by atoms with E-state index in [1.165, 1.54) is 6.07 Å². The Bertz CT molecular complexity index is 490. The zero-order valence-electron chi connectivity index (χ0n) is 10.9. The van der Waals surface area contributed by atoms with Crippen molar-refractivity contribution in [2.75, 3.05) is 6.54 Å². The molecule has 0 aliphatic carbocycles. The number of hydrogen-bond donors (Lipinski definition) is 2. The predicted octanol–water partition coefficient (Wildman–Crippen LogP) is 3.20. The molecular formula is C14H16F4N2. The number of benzene rings is 1. The van der Waals surface area contributed by atoms with Gasteiger partial charge in [-0.25, -0.2) is 4.39 Å². The van der Waals surface area contributed by atoms with Crippen LogP contribution in [0.4, 0.5) is 17.6 Å². The molecule has 1 aliphatic heterocycles. The summed E-state index contributed by atoms with van der Waals surface area (Å²) in [6, 6.07) is 3.17. The molecule has 1 aliphatic rings. The quantitative estimate of drug-likeness (QED) is 0.831. The lowest BCUT2D eigenvalue weighted by Crippen LogP contribution is -2.30. The van der Waals surface area contributed by atoms with Crippen LogP contribution in [0.2, 0.25) is 0 Å². The fourth-order valence-corrected chi connectivity index (χ4v) is 2.22. The van der Waals surface area contributed by atoms with E-state index in [1.54, 1.807) is 0 Å². The fraction of sp³-hybridized carbons (Fsp3) is 0.429. The Labute approximate surface area is 114 Å². The molecule has 20 heavy (non-hydrogen) atoms. The van der Waals surface area contributed by atoms with Gasteiger partial charge >= 0.3 is 6.18 Å². The largest absolute Gasteiger partial charge is 0.419 e. The Hall–Kier alpha value is -1.56. The molecule has 0 unspecified atom stereocenters. The Morgan fingerprint density at radius 3 is 2.75 bits per heavy atom. The molecule has 1 saturated heterocycles. The number of alkyl halides is 3. The summed E-state index contributed by atoms with van der Waals surface area (Å²) in [6.45, 7) is 4.98. The minimum atomic E-state index is -4.68. The van der Waals surface area contributed by atoms with Gasteiger partial charge in [0.25, 0.3) is 0 Å². The first-order valence-electron chi connectivity index (χ1n) is 6.39. The van der Waals surface area contributed by atoms with Crippen LogP contribution in [0.25, 0.3) is 0 Å². The second kappa shape index (κ2) is 5.83. The molecule has 2 N–H and O–H groups in total. The van der Waals surface area contributed by atoms with Crippen molar-refractivity contribution in [3.05, 3.63) is 47.4 Å². The molecule has 1 heterocycles. The van der Waals surface area contributed by atoms with Crippen molar-refractivity contribution in [2.24, 2.45) is 0 Å². The molecule has 1 fully saturated rings. The van der Waals surface area contributed by atoms with E-state index in [9.17, 15) is 17.6 Å². The zero-order chi connectivity index (χ0) is 14.8. The Kier molecular flexibility index (Phi) is 4.32. The van der Waals surface area contributed by atoms with Gasteiger partial charge in [0.05, 0.1) is 5.56 Å². The molecule has 0 saturated carbocycles. The lowest BCUT2D eigenvalue weighted by Gasteiger charge is -2.17. The summed E-state index contributed by atoms with van der Waals surface area (Å²) in [4.78, 5) is 0. The van der Waals surface area contributed by atoms with Gasteiger partial charge in [0.1, 0.15) is 5.82 Å². The lowest BCUT2D eigenvalue weighted by atomic mass is 10.1. The minimum absolute atomic E-state index is 0.150. The van der Waals surface area contributed by atoms with Crippen molar-refractivity contribution in [3.63, 3.8) is 0 Å². The van der Waals surface area contributed by atoms with Crippen LogP contribution in [-0.2, 0) is 12.7 Å². The van der Waals surface area contributed by atoms with Gasteiger partial charge in [-0.15, -0.1) is 0 Å². The highest BCUT2D eigenvalue weighted by molar-refractivity contribution is 5.27. The maximum absolute atomic E-state index is 13.1. The molecule has 6 heteroatoms. The molecule has 110 valence electrons. The van der Waals surface area contributed by atoms with Crippen LogP contribution in [0, 0.1) is 5.82 Å². The van der Waals surface area contributed by atoms with Crippen LogP contribution >= 0.6 is 0 Å². The summed E-state index contributed by atoms with van der Waals surface area (Å²) in [5.41, 5.74) is -0.111. The van der Waals surface area contributed by atoms with Gasteiger partial charge in [-0.3, -0.25) is 0 Å². The van der Waals surface area contributed by atoms with Crippen LogP contribution in [0.5, 0.6) is 0 Å². The monoisotopic (exact) mass is 288 g/mol. The highest BCUT2D eigenvalue weighted by atomic mass is 19.4. The summed E-state index contributed by atoms with van der Waals surface area (Å²) >= 11 is 0. The third-order valence-electron chi connectivity index (χ3n) is 3.34. The van der Waals surface area contributed by atoms with E-state index in [0.717, 1.165) is 37.2 Å². The first kappa shape index (κ1) is 14.8. The van der Waals surface area contributed by atoms with Crippen LogP contribution in [-0.4, -0.2) is 12.6 Å². The average molecular weight is 288 g/mol. The smallest absolute Gasteiger partial charge is 0.383 e. The molecule has 0 aromatic heterocycles. The Balaban J connectivity index is 2.01. The van der Waals surface area contributed by atoms with E-state index in [2.05, 4.69) is 17.2 Å². The van der Waals surface area contributed by atoms with Gasteiger partial charge in [-0.2, -0.15) is 13.2 Å². The molecule has 0 radical (unpaired) electrons. The molecule has 2 rings (SSSR count). The van der Waals surface area contributed by atoms with Gasteiger partial charge in [-0.1, -0.05) is 12.6 Å². The number of hydrogen-bond acceptors (Lipinski definition) is 2. The number of halogens is 4. The van der Waals surface area contributed by atoms with Crippen molar-refractivity contribution in [1.29, 1.82) is 0 Å². The maximum Gasteiger partial charge on any atom is 0.419 e. The summed E-state index contributed by atoms with van der Waals surface area (Å²) in [5, 5.41) is 6.23. The second-order valence-corrected chi connectivity index (χ2v) is 4.84. The van der Waals surface area contributed by atoms with Crippen molar-refractivity contribution >= 4 is 0 Å². The summed E-state index contributed by atoms with van der Waals surface area (Å²) in [6.07, 6.45) is -2.66. The summed E-state index contributed by atoms with van der Waals surface area (Å²) < 4.78 is 50.9. The third-order valence-corrected chi connectivity index (χ3v) is 3.34. The summed E-state index contributed by atoms with van der Waals surface area (Å²) in [5.74, 6) is -1.25. The standard InChI is InChI=1S/C14H16F4N2/c1-9(13-3-2-6-19-13)20-8-10-4-5-12(15)11(7-10)14(16,17)18/h4-5,7,13,19-20H,1-3,6,8H2/t13-/m0/s1. The molecule has 0 spiro atoms. The number of nitrogens with one attached hydrogen (secondary N) is 2. The maximum atomic E-state index is 13.1. The average Bonchev–Trinajstić information content (AvgIpc) is 2.90.